The predicted molar refractivity (Wildman–Crippen MR) is 184 cm³/mol. The van der Waals surface area contributed by atoms with Crippen molar-refractivity contribution in [3.8, 4) is 23.0 Å². The Kier molecular flexibility index (Phi) is 11.2. The van der Waals surface area contributed by atoms with Crippen LogP contribution in [0.5, 0.6) is 11.8 Å². The summed E-state index contributed by atoms with van der Waals surface area (Å²) in [6.07, 6.45) is 5.07. The maximum absolute atomic E-state index is 10.3. The molecular formula is C28H39BIN8O7P. The molecule has 3 unspecified atom stereocenters. The van der Waals surface area contributed by atoms with Crippen molar-refractivity contribution in [3.63, 3.8) is 0 Å². The van der Waals surface area contributed by atoms with E-state index in [9.17, 15) is 25.5 Å². The molecule has 0 saturated heterocycles. The number of fused-ring (bicyclic) bond motifs is 4. The summed E-state index contributed by atoms with van der Waals surface area (Å²) in [6.45, 7) is 9.94. The molecule has 4 aromatic heterocycles. The lowest BCUT2D eigenvalue weighted by molar-refractivity contribution is -0.402. The van der Waals surface area contributed by atoms with Gasteiger partial charge in [0.15, 0.2) is 7.85 Å². The van der Waals surface area contributed by atoms with Gasteiger partial charge in [-0.1, -0.05) is 13.8 Å². The van der Waals surface area contributed by atoms with Crippen molar-refractivity contribution < 1.29 is 35.0 Å². The number of aliphatic hydroxyl groups is 5. The minimum Gasteiger partial charge on any atom is -0.473 e. The highest BCUT2D eigenvalue weighted by atomic mass is 127. The van der Waals surface area contributed by atoms with Gasteiger partial charge in [-0.15, -0.1) is 5.10 Å². The van der Waals surface area contributed by atoms with Crippen LogP contribution >= 0.6 is 28.4 Å². The Morgan fingerprint density at radius 1 is 1.17 bits per heavy atom. The molecule has 0 saturated carbocycles. The number of hydrogen-bond donors (Lipinski definition) is 5. The van der Waals surface area contributed by atoms with Gasteiger partial charge in [0, 0.05) is 25.5 Å². The Morgan fingerprint density at radius 2 is 1.87 bits per heavy atom. The molecule has 3 atom stereocenters. The van der Waals surface area contributed by atoms with Crippen molar-refractivity contribution in [1.29, 1.82) is 0 Å². The van der Waals surface area contributed by atoms with Crippen molar-refractivity contribution in [3.05, 3.63) is 34.9 Å². The molecule has 5 N–H and O–H groups in total. The van der Waals surface area contributed by atoms with Crippen LogP contribution in [-0.4, -0.2) is 110 Å². The Bertz CT molecular complexity index is 1720. The molecule has 0 fully saturated rings. The highest BCUT2D eigenvalue weighted by Crippen LogP contribution is 2.38. The van der Waals surface area contributed by atoms with Gasteiger partial charge in [0.2, 0.25) is 17.4 Å². The molecule has 0 aliphatic carbocycles. The number of pyridine rings is 1. The molecule has 5 heterocycles. The summed E-state index contributed by atoms with van der Waals surface area (Å²) in [6, 6.07) is 1.36. The molecule has 4 aromatic rings. The largest absolute Gasteiger partial charge is 0.473 e. The van der Waals surface area contributed by atoms with Crippen LogP contribution in [0.25, 0.3) is 34.3 Å². The zero-order chi connectivity index (χ0) is 34.1. The Morgan fingerprint density at radius 3 is 2.50 bits per heavy atom. The van der Waals surface area contributed by atoms with Crippen molar-refractivity contribution in [2.45, 2.75) is 65.0 Å². The summed E-state index contributed by atoms with van der Waals surface area (Å²) in [5, 5.41) is 64.7. The van der Waals surface area contributed by atoms with Crippen LogP contribution in [0.2, 0.25) is 0 Å². The predicted octanol–water partition coefficient (Wildman–Crippen LogP) is 1.92. The highest BCUT2D eigenvalue weighted by molar-refractivity contribution is 14.2. The Labute approximate surface area is 282 Å². The molecule has 0 amide bonds. The van der Waals surface area contributed by atoms with E-state index in [2.05, 4.69) is 32.2 Å². The molecular weight excluding hydrogens is 729 g/mol. The average molecular weight is 768 g/mol. The molecule has 1 aliphatic rings. The Balaban J connectivity index is 0.00000235. The minimum atomic E-state index is -3.63. The lowest BCUT2D eigenvalue weighted by atomic mass is 9.92. The van der Waals surface area contributed by atoms with E-state index < -0.39 is 17.7 Å². The Hall–Kier alpha value is -2.64. The molecule has 2 radical (unpaired) electrons. The van der Waals surface area contributed by atoms with Gasteiger partial charge < -0.3 is 35.0 Å². The van der Waals surface area contributed by atoms with Crippen LogP contribution in [0.1, 0.15) is 56.4 Å². The normalized spacial score (nSPS) is 17.5. The third-order valence-corrected chi connectivity index (χ3v) is 9.10. The van der Waals surface area contributed by atoms with Crippen LogP contribution in [0, 0.1) is 6.92 Å². The van der Waals surface area contributed by atoms with Gasteiger partial charge in [0.25, 0.3) is 0 Å². The van der Waals surface area contributed by atoms with E-state index in [1.54, 1.807) is 30.0 Å². The standard InChI is InChI=1S/C26H33BIN8O7P.C2H6/c1-13(12-37)35-21-11-33(4)10-14(2)42-24-22(15(3)30-34(24)5)19-8-17-18(31-36(44-28)20(17)9-29-19)7-6-16(21)23(32-35)43-26(40,41)25(27,38)39;1-2/h6-9,13-14,37-41,44H,10-12H2,1-5H3;1-2H3/b7-6+;. The van der Waals surface area contributed by atoms with Gasteiger partial charge in [-0.25, -0.2) is 9.13 Å². The summed E-state index contributed by atoms with van der Waals surface area (Å²) in [4.78, 5) is 6.70. The second-order valence-corrected chi connectivity index (χ2v) is 12.9. The molecule has 5 rings (SSSR count). The van der Waals surface area contributed by atoms with Crippen molar-refractivity contribution in [2.75, 3.05) is 20.2 Å². The lowest BCUT2D eigenvalue weighted by Gasteiger charge is -2.31. The van der Waals surface area contributed by atoms with Crippen LogP contribution in [0.3, 0.4) is 0 Å². The van der Waals surface area contributed by atoms with Gasteiger partial charge in [0.05, 0.1) is 64.6 Å². The fraction of sp³-hybridized carbons (Fsp3) is 0.500. The first kappa shape index (κ1) is 36.2. The SMILES string of the molecule is CC.[B]C(O)(O)C(O)(O)Oc1nn(C(C)CO)c2c1/C=C/c1nn(PI)c3cnc(cc13)-c1c(C)nn(C)c1OC(C)CN(C)C2. The summed E-state index contributed by atoms with van der Waals surface area (Å²) in [5.41, 5.74) is 0.805. The van der Waals surface area contributed by atoms with Crippen molar-refractivity contribution in [2.24, 2.45) is 7.05 Å². The number of aryl methyl sites for hydroxylation is 2. The minimum absolute atomic E-state index is 0.246. The first-order valence-corrected chi connectivity index (χ1v) is 18.6. The summed E-state index contributed by atoms with van der Waals surface area (Å²) in [7, 11) is 8.84. The van der Waals surface area contributed by atoms with Gasteiger partial charge in [0.1, 0.15) is 6.10 Å². The molecule has 1 aliphatic heterocycles. The second-order valence-electron chi connectivity index (χ2n) is 10.9. The fourth-order valence-electron chi connectivity index (χ4n) is 5.09. The quantitative estimate of drug-likeness (QED) is 0.0832. The van der Waals surface area contributed by atoms with E-state index in [0.717, 1.165) is 22.2 Å². The van der Waals surface area contributed by atoms with E-state index in [0.29, 0.717) is 29.5 Å². The zero-order valence-corrected chi connectivity index (χ0v) is 29.8. The van der Waals surface area contributed by atoms with Gasteiger partial charge in [-0.2, -0.15) is 10.2 Å². The van der Waals surface area contributed by atoms with Gasteiger partial charge in [-0.05, 0) is 68.1 Å². The molecule has 18 heteroatoms. The zero-order valence-electron chi connectivity index (χ0n) is 26.7. The van der Waals surface area contributed by atoms with Crippen LogP contribution < -0.4 is 9.47 Å². The fourth-order valence-corrected chi connectivity index (χ4v) is 6.61. The maximum Gasteiger partial charge on any atom is 0.369 e. The lowest BCUT2D eigenvalue weighted by Crippen LogP contribution is -2.59. The number of ether oxygens (including phenoxy) is 2. The number of aliphatic hydroxyl groups excluding tert-OH is 1. The highest BCUT2D eigenvalue weighted by Gasteiger charge is 2.47. The third-order valence-electron chi connectivity index (χ3n) is 7.23. The number of aromatic nitrogens is 7. The van der Waals surface area contributed by atoms with E-state index in [1.807, 2.05) is 57.2 Å². The first-order chi connectivity index (χ1) is 21.6. The summed E-state index contributed by atoms with van der Waals surface area (Å²) in [5.74, 6) is -3.42. The first-order valence-electron chi connectivity index (χ1n) is 14.6. The molecule has 0 spiro atoms. The van der Waals surface area contributed by atoms with Crippen LogP contribution in [0.4, 0.5) is 0 Å². The summed E-state index contributed by atoms with van der Waals surface area (Å²) >= 11 is 2.23. The van der Waals surface area contributed by atoms with E-state index in [1.165, 1.54) is 4.68 Å². The smallest absolute Gasteiger partial charge is 0.369 e. The van der Waals surface area contributed by atoms with Gasteiger partial charge in [-0.3, -0.25) is 14.6 Å². The molecule has 2 bridgehead atoms. The number of likely N-dealkylation sites (N-methyl/N-ethyl adjacent to an activating group) is 1. The van der Waals surface area contributed by atoms with E-state index >= 15 is 0 Å². The molecule has 248 valence electrons. The van der Waals surface area contributed by atoms with Crippen LogP contribution in [0.15, 0.2) is 12.3 Å². The topological polar surface area (TPSA) is 189 Å². The molecule has 15 nitrogen and oxygen atoms in total. The van der Waals surface area contributed by atoms with Gasteiger partial charge >= 0.3 is 5.97 Å². The number of rotatable bonds is 6. The number of hydrogen-bond acceptors (Lipinski definition) is 12. The monoisotopic (exact) mass is 768 g/mol. The number of nitrogens with zero attached hydrogens (tertiary/aromatic N) is 8. The second kappa shape index (κ2) is 14.2. The average Bonchev–Trinajstić information content (AvgIpc) is 3.60. The number of halogens is 1. The van der Waals surface area contributed by atoms with Crippen molar-refractivity contribution in [1.82, 2.24) is 39.0 Å². The van der Waals surface area contributed by atoms with Crippen LogP contribution in [-0.2, 0) is 13.6 Å². The van der Waals surface area contributed by atoms with E-state index in [-0.39, 0.29) is 37.1 Å². The van der Waals surface area contributed by atoms with Crippen molar-refractivity contribution >= 4 is 59.3 Å². The maximum atomic E-state index is 10.3. The molecule has 0 aromatic carbocycles. The van der Waals surface area contributed by atoms with E-state index in [4.69, 9.17) is 27.4 Å². The summed E-state index contributed by atoms with van der Waals surface area (Å²) < 4.78 is 16.7. The third kappa shape index (κ3) is 7.11. The molecule has 46 heavy (non-hydrogen) atoms.